The molecule has 1 N–H and O–H groups in total. The van der Waals surface area contributed by atoms with Gasteiger partial charge in [-0.05, 0) is 49.4 Å². The third-order valence-corrected chi connectivity index (χ3v) is 6.91. The van der Waals surface area contributed by atoms with Gasteiger partial charge in [-0.2, -0.15) is 0 Å². The van der Waals surface area contributed by atoms with Gasteiger partial charge < -0.3 is 14.7 Å². The summed E-state index contributed by atoms with van der Waals surface area (Å²) < 4.78 is 4.75. The van der Waals surface area contributed by atoms with Crippen LogP contribution < -0.4 is 0 Å². The van der Waals surface area contributed by atoms with Crippen LogP contribution in [-0.2, 0) is 16.0 Å². The minimum absolute atomic E-state index is 0.00542. The second-order valence-corrected chi connectivity index (χ2v) is 9.45. The Morgan fingerprint density at radius 2 is 2.09 bits per heavy atom. The van der Waals surface area contributed by atoms with Crippen LogP contribution in [-0.4, -0.2) is 47.7 Å². The Balaban J connectivity index is 1.47. The van der Waals surface area contributed by atoms with Gasteiger partial charge in [0.25, 0.3) is 0 Å². The van der Waals surface area contributed by atoms with Crippen molar-refractivity contribution in [2.75, 3.05) is 13.7 Å². The molecule has 0 aliphatic carbocycles. The molecule has 1 aliphatic rings. The van der Waals surface area contributed by atoms with Crippen LogP contribution in [0.2, 0.25) is 0 Å². The zero-order valence-corrected chi connectivity index (χ0v) is 20.0. The summed E-state index contributed by atoms with van der Waals surface area (Å²) in [6, 6.07) is 13.6. The molecule has 0 spiro atoms. The number of carbonyl (C=O) groups excluding carboxylic acids is 2. The molecule has 1 aromatic heterocycles. The van der Waals surface area contributed by atoms with Gasteiger partial charge in [-0.3, -0.25) is 4.79 Å². The highest BCUT2D eigenvalue weighted by Crippen LogP contribution is 2.23. The van der Waals surface area contributed by atoms with Crippen LogP contribution in [0.4, 0.5) is 0 Å². The number of aliphatic hydroxyl groups is 1. The average molecular weight is 466 g/mol. The lowest BCUT2D eigenvalue weighted by atomic mass is 9.99. The zero-order valence-electron chi connectivity index (χ0n) is 19.2. The Labute approximate surface area is 200 Å². The minimum atomic E-state index is -0.601. The van der Waals surface area contributed by atoms with Gasteiger partial charge >= 0.3 is 5.97 Å². The number of aliphatic hydroxyl groups excluding tert-OH is 1. The second-order valence-electron chi connectivity index (χ2n) is 8.28. The summed E-state index contributed by atoms with van der Waals surface area (Å²) in [6.07, 6.45) is 6.72. The van der Waals surface area contributed by atoms with Crippen LogP contribution in [0, 0.1) is 17.8 Å². The van der Waals surface area contributed by atoms with Crippen molar-refractivity contribution in [1.82, 2.24) is 4.90 Å². The van der Waals surface area contributed by atoms with E-state index in [2.05, 4.69) is 11.8 Å². The largest absolute Gasteiger partial charge is 0.465 e. The molecule has 0 saturated carbocycles. The first kappa shape index (κ1) is 24.8. The number of esters is 1. The Morgan fingerprint density at radius 3 is 2.85 bits per heavy atom. The van der Waals surface area contributed by atoms with Gasteiger partial charge in [-0.15, -0.1) is 11.3 Å². The fourth-order valence-electron chi connectivity index (χ4n) is 3.78. The van der Waals surface area contributed by atoms with Gasteiger partial charge in [0.1, 0.15) is 4.88 Å². The molecule has 3 rings (SSSR count). The summed E-state index contributed by atoms with van der Waals surface area (Å²) in [4.78, 5) is 27.6. The number of hydrogen-bond donors (Lipinski definition) is 1. The molecule has 1 aromatic carbocycles. The molecule has 2 heterocycles. The predicted molar refractivity (Wildman–Crippen MR) is 131 cm³/mol. The molecular formula is C27H31NO4S. The first-order valence-corrected chi connectivity index (χ1v) is 12.2. The first-order chi connectivity index (χ1) is 16.0. The first-order valence-electron chi connectivity index (χ1n) is 11.3. The van der Waals surface area contributed by atoms with E-state index in [0.29, 0.717) is 24.3 Å². The quantitative estimate of drug-likeness (QED) is 0.337. The standard InChI is InChI=1S/C27H31NO4S/c1-20(8-6-11-21-9-4-3-5-10-21)24(29)16-13-22-14-18-26(30)28(22)19-7-12-23-15-17-25(33-23)27(31)32-2/h3-5,9-10,13,15-17,20,22,24,29H,7-8,12,14,18-19H2,1-2H3/b16-13+/t20?,22-,24-/m0/s1. The molecule has 1 aliphatic heterocycles. The molecule has 6 heteroatoms. The average Bonchev–Trinajstić information content (AvgIpc) is 3.44. The SMILES string of the molecule is COC(=O)c1ccc(CCCN2C(=O)CC[C@@H]2/C=C/[C@H](O)C(C)CC#Cc2ccccc2)s1. The topological polar surface area (TPSA) is 66.8 Å². The van der Waals surface area contributed by atoms with Crippen LogP contribution in [0.3, 0.4) is 0 Å². The van der Waals surface area contributed by atoms with E-state index >= 15 is 0 Å². The van der Waals surface area contributed by atoms with Gasteiger partial charge in [0.15, 0.2) is 0 Å². The number of nitrogens with zero attached hydrogens (tertiary/aromatic N) is 1. The maximum atomic E-state index is 12.4. The summed E-state index contributed by atoms with van der Waals surface area (Å²) in [5.41, 5.74) is 0.971. The van der Waals surface area contributed by atoms with Gasteiger partial charge in [-0.25, -0.2) is 4.79 Å². The van der Waals surface area contributed by atoms with E-state index in [0.717, 1.165) is 29.7 Å². The number of thiophene rings is 1. The van der Waals surface area contributed by atoms with Crippen molar-refractivity contribution in [3.05, 3.63) is 69.9 Å². The second kappa shape index (κ2) is 12.4. The highest BCUT2D eigenvalue weighted by atomic mass is 32.1. The molecule has 1 unspecified atom stereocenters. The molecule has 1 saturated heterocycles. The highest BCUT2D eigenvalue weighted by molar-refractivity contribution is 7.13. The molecule has 33 heavy (non-hydrogen) atoms. The number of methoxy groups -OCH3 is 1. The molecule has 0 radical (unpaired) electrons. The Kier molecular flexibility index (Phi) is 9.29. The fourth-order valence-corrected chi connectivity index (χ4v) is 4.75. The van der Waals surface area contributed by atoms with Gasteiger partial charge in [-0.1, -0.05) is 49.1 Å². The van der Waals surface area contributed by atoms with Crippen molar-refractivity contribution in [2.24, 2.45) is 5.92 Å². The Hall–Kier alpha value is -2.88. The zero-order chi connectivity index (χ0) is 23.6. The monoisotopic (exact) mass is 465 g/mol. The fraction of sp³-hybridized carbons (Fsp3) is 0.407. The molecule has 5 nitrogen and oxygen atoms in total. The molecule has 2 aromatic rings. The Bertz CT molecular complexity index is 1020. The lowest BCUT2D eigenvalue weighted by Crippen LogP contribution is -2.33. The summed E-state index contributed by atoms with van der Waals surface area (Å²) in [5, 5.41) is 10.5. The normalized spacial score (nSPS) is 17.6. The van der Waals surface area contributed by atoms with Crippen LogP contribution in [0.1, 0.15) is 52.7 Å². The van der Waals surface area contributed by atoms with Crippen molar-refractivity contribution >= 4 is 23.2 Å². The molecule has 1 amide bonds. The van der Waals surface area contributed by atoms with E-state index in [-0.39, 0.29) is 23.8 Å². The highest BCUT2D eigenvalue weighted by Gasteiger charge is 2.28. The maximum absolute atomic E-state index is 12.4. The van der Waals surface area contributed by atoms with Crippen LogP contribution in [0.25, 0.3) is 0 Å². The summed E-state index contributed by atoms with van der Waals surface area (Å²) in [7, 11) is 1.38. The number of carbonyl (C=O) groups is 2. The maximum Gasteiger partial charge on any atom is 0.348 e. The predicted octanol–water partition coefficient (Wildman–Crippen LogP) is 4.45. The number of likely N-dealkylation sites (tertiary alicyclic amines) is 1. The van der Waals surface area contributed by atoms with Gasteiger partial charge in [0.2, 0.25) is 5.91 Å². The van der Waals surface area contributed by atoms with E-state index in [1.165, 1.54) is 18.4 Å². The lowest BCUT2D eigenvalue weighted by molar-refractivity contribution is -0.128. The number of ether oxygens (including phenoxy) is 1. The van der Waals surface area contributed by atoms with E-state index in [1.807, 2.05) is 60.4 Å². The lowest BCUT2D eigenvalue weighted by Gasteiger charge is -2.23. The summed E-state index contributed by atoms with van der Waals surface area (Å²) >= 11 is 1.44. The minimum Gasteiger partial charge on any atom is -0.465 e. The Morgan fingerprint density at radius 1 is 1.30 bits per heavy atom. The van der Waals surface area contributed by atoms with E-state index in [1.54, 1.807) is 6.07 Å². The summed E-state index contributed by atoms with van der Waals surface area (Å²) in [6.45, 7) is 2.64. The number of benzene rings is 1. The van der Waals surface area contributed by atoms with E-state index in [9.17, 15) is 14.7 Å². The van der Waals surface area contributed by atoms with Crippen LogP contribution in [0.5, 0.6) is 0 Å². The van der Waals surface area contributed by atoms with Crippen molar-refractivity contribution < 1.29 is 19.4 Å². The molecule has 3 atom stereocenters. The molecule has 174 valence electrons. The number of rotatable bonds is 9. The molecule has 1 fully saturated rings. The number of amides is 1. The van der Waals surface area contributed by atoms with Gasteiger partial charge in [0.05, 0.1) is 19.3 Å². The van der Waals surface area contributed by atoms with Crippen molar-refractivity contribution in [2.45, 2.75) is 51.2 Å². The third-order valence-electron chi connectivity index (χ3n) is 5.79. The number of aryl methyl sites for hydroxylation is 1. The summed E-state index contributed by atoms with van der Waals surface area (Å²) in [5.74, 6) is 6.12. The smallest absolute Gasteiger partial charge is 0.348 e. The van der Waals surface area contributed by atoms with Crippen LogP contribution >= 0.6 is 11.3 Å². The van der Waals surface area contributed by atoms with Crippen molar-refractivity contribution in [3.8, 4) is 11.8 Å². The van der Waals surface area contributed by atoms with E-state index < -0.39 is 6.10 Å². The number of hydrogen-bond acceptors (Lipinski definition) is 5. The van der Waals surface area contributed by atoms with E-state index in [4.69, 9.17) is 4.74 Å². The van der Waals surface area contributed by atoms with Crippen molar-refractivity contribution in [3.63, 3.8) is 0 Å². The molecular weight excluding hydrogens is 434 g/mol. The van der Waals surface area contributed by atoms with Crippen molar-refractivity contribution in [1.29, 1.82) is 0 Å². The third kappa shape index (κ3) is 7.31. The molecule has 0 bridgehead atoms. The van der Waals surface area contributed by atoms with Gasteiger partial charge in [0, 0.05) is 29.8 Å². The van der Waals surface area contributed by atoms with Crippen LogP contribution in [0.15, 0.2) is 54.6 Å².